The van der Waals surface area contributed by atoms with Crippen LogP contribution in [-0.2, 0) is 19.4 Å². The van der Waals surface area contributed by atoms with Crippen molar-refractivity contribution < 1.29 is 27.5 Å². The van der Waals surface area contributed by atoms with E-state index in [0.717, 1.165) is 24.3 Å². The van der Waals surface area contributed by atoms with Crippen LogP contribution < -0.4 is 0 Å². The zero-order valence-corrected chi connectivity index (χ0v) is 13.4. The van der Waals surface area contributed by atoms with E-state index >= 15 is 0 Å². The number of carboxylic acid groups (broad SMARTS) is 1. The average molecular weight is 343 g/mol. The van der Waals surface area contributed by atoms with Gasteiger partial charge in [0.25, 0.3) is 0 Å². The van der Waals surface area contributed by atoms with Crippen LogP contribution in [0.25, 0.3) is 0 Å². The van der Waals surface area contributed by atoms with Crippen LogP contribution in [0.3, 0.4) is 0 Å². The van der Waals surface area contributed by atoms with Crippen molar-refractivity contribution in [3.8, 4) is 0 Å². The molecule has 2 rings (SSSR count). The largest absolute Gasteiger partial charge is 0.480 e. The van der Waals surface area contributed by atoms with Gasteiger partial charge in [0.1, 0.15) is 11.9 Å². The van der Waals surface area contributed by atoms with E-state index < -0.39 is 45.2 Å². The normalized spacial score (nSPS) is 19.6. The van der Waals surface area contributed by atoms with Crippen molar-refractivity contribution >= 4 is 21.7 Å². The van der Waals surface area contributed by atoms with Crippen molar-refractivity contribution in [1.82, 2.24) is 4.90 Å². The lowest BCUT2D eigenvalue weighted by atomic mass is 10.1. The molecule has 0 spiro atoms. The van der Waals surface area contributed by atoms with Crippen molar-refractivity contribution in [3.05, 3.63) is 30.1 Å². The second-order valence-corrected chi connectivity index (χ2v) is 7.70. The van der Waals surface area contributed by atoms with E-state index in [4.69, 9.17) is 5.11 Å². The smallest absolute Gasteiger partial charge is 0.326 e. The Morgan fingerprint density at radius 2 is 1.96 bits per heavy atom. The fraction of sp³-hybridized carbons (Fsp3) is 0.467. The Morgan fingerprint density at radius 3 is 2.52 bits per heavy atom. The second-order valence-electron chi connectivity index (χ2n) is 5.66. The van der Waals surface area contributed by atoms with Crippen LogP contribution in [0.5, 0.6) is 0 Å². The first-order valence-corrected chi connectivity index (χ1v) is 8.89. The van der Waals surface area contributed by atoms with E-state index in [1.807, 2.05) is 0 Å². The van der Waals surface area contributed by atoms with Crippen LogP contribution in [0.4, 0.5) is 4.39 Å². The molecule has 8 heteroatoms. The molecule has 0 aromatic heterocycles. The van der Waals surface area contributed by atoms with E-state index in [-0.39, 0.29) is 4.90 Å². The molecule has 1 heterocycles. The summed E-state index contributed by atoms with van der Waals surface area (Å²) in [5.74, 6) is -3.43. The van der Waals surface area contributed by atoms with Crippen molar-refractivity contribution in [2.75, 3.05) is 12.3 Å². The standard InChI is InChI=1S/C15H18FNO5S/c1-10(14(18)17-8-2-3-13(17)15(19)20)9-23(21,22)12-6-4-11(16)5-7-12/h4-7,10,13H,2-3,8-9H2,1H3,(H,19,20)/t10-,13+/m0/s1. The molecule has 0 bridgehead atoms. The van der Waals surface area contributed by atoms with Gasteiger partial charge >= 0.3 is 5.97 Å². The topological polar surface area (TPSA) is 91.8 Å². The number of carboxylic acids is 1. The van der Waals surface area contributed by atoms with Gasteiger partial charge in [0.15, 0.2) is 9.84 Å². The molecule has 1 fully saturated rings. The lowest BCUT2D eigenvalue weighted by Gasteiger charge is -2.24. The van der Waals surface area contributed by atoms with Crippen molar-refractivity contribution in [2.45, 2.75) is 30.7 Å². The number of rotatable bonds is 5. The molecule has 0 aliphatic carbocycles. The SMILES string of the molecule is C[C@@H](CS(=O)(=O)c1ccc(F)cc1)C(=O)N1CCC[C@@H]1C(=O)O. The molecule has 1 aliphatic rings. The summed E-state index contributed by atoms with van der Waals surface area (Å²) in [4.78, 5) is 24.7. The summed E-state index contributed by atoms with van der Waals surface area (Å²) < 4.78 is 37.4. The van der Waals surface area contributed by atoms with Gasteiger partial charge in [-0.2, -0.15) is 0 Å². The van der Waals surface area contributed by atoms with Gasteiger partial charge in [-0.25, -0.2) is 17.6 Å². The average Bonchev–Trinajstić information content (AvgIpc) is 2.96. The number of amides is 1. The molecule has 1 saturated heterocycles. The van der Waals surface area contributed by atoms with E-state index in [9.17, 15) is 22.4 Å². The third kappa shape index (κ3) is 3.87. The predicted molar refractivity (Wildman–Crippen MR) is 80.0 cm³/mol. The van der Waals surface area contributed by atoms with Crippen molar-refractivity contribution in [3.63, 3.8) is 0 Å². The Labute approximate surface area is 133 Å². The van der Waals surface area contributed by atoms with E-state index in [1.165, 1.54) is 11.8 Å². The van der Waals surface area contributed by atoms with Gasteiger partial charge in [0.05, 0.1) is 10.6 Å². The maximum absolute atomic E-state index is 12.9. The molecular weight excluding hydrogens is 325 g/mol. The fourth-order valence-electron chi connectivity index (χ4n) is 2.71. The zero-order chi connectivity index (χ0) is 17.2. The molecule has 1 aliphatic heterocycles. The Bertz CT molecular complexity index is 701. The molecule has 126 valence electrons. The minimum Gasteiger partial charge on any atom is -0.480 e. The van der Waals surface area contributed by atoms with Gasteiger partial charge in [0.2, 0.25) is 5.91 Å². The van der Waals surface area contributed by atoms with Gasteiger partial charge in [-0.15, -0.1) is 0 Å². The monoisotopic (exact) mass is 343 g/mol. The lowest BCUT2D eigenvalue weighted by molar-refractivity contribution is -0.149. The maximum Gasteiger partial charge on any atom is 0.326 e. The molecule has 1 aromatic rings. The summed E-state index contributed by atoms with van der Waals surface area (Å²) in [5, 5.41) is 9.10. The highest BCUT2D eigenvalue weighted by Crippen LogP contribution is 2.22. The minimum atomic E-state index is -3.75. The molecule has 23 heavy (non-hydrogen) atoms. The number of aliphatic carboxylic acids is 1. The summed E-state index contributed by atoms with van der Waals surface area (Å²) in [5.41, 5.74) is 0. The molecule has 2 atom stereocenters. The van der Waals surface area contributed by atoms with Gasteiger partial charge in [-0.05, 0) is 37.1 Å². The van der Waals surface area contributed by atoms with Crippen LogP contribution in [0.1, 0.15) is 19.8 Å². The number of hydrogen-bond donors (Lipinski definition) is 1. The number of nitrogens with zero attached hydrogens (tertiary/aromatic N) is 1. The van der Waals surface area contributed by atoms with Crippen LogP contribution in [0.15, 0.2) is 29.2 Å². The molecule has 0 unspecified atom stereocenters. The van der Waals surface area contributed by atoms with Crippen LogP contribution in [0, 0.1) is 11.7 Å². The Morgan fingerprint density at radius 1 is 1.35 bits per heavy atom. The summed E-state index contributed by atoms with van der Waals surface area (Å²) >= 11 is 0. The first kappa shape index (κ1) is 17.4. The molecular formula is C15H18FNO5S. The highest BCUT2D eigenvalue weighted by Gasteiger charge is 2.37. The molecule has 6 nitrogen and oxygen atoms in total. The number of hydrogen-bond acceptors (Lipinski definition) is 4. The van der Waals surface area contributed by atoms with Crippen LogP contribution in [0.2, 0.25) is 0 Å². The van der Waals surface area contributed by atoms with Crippen molar-refractivity contribution in [1.29, 1.82) is 0 Å². The fourth-order valence-corrected chi connectivity index (χ4v) is 4.25. The number of carbonyl (C=O) groups excluding carboxylic acids is 1. The predicted octanol–water partition coefficient (Wildman–Crippen LogP) is 1.31. The third-order valence-electron chi connectivity index (χ3n) is 3.88. The van der Waals surface area contributed by atoms with Crippen LogP contribution >= 0.6 is 0 Å². The zero-order valence-electron chi connectivity index (χ0n) is 12.6. The second kappa shape index (κ2) is 6.66. The third-order valence-corrected chi connectivity index (χ3v) is 5.81. The Balaban J connectivity index is 2.11. The van der Waals surface area contributed by atoms with E-state index in [0.29, 0.717) is 19.4 Å². The number of likely N-dealkylation sites (tertiary alicyclic amines) is 1. The molecule has 0 saturated carbocycles. The highest BCUT2D eigenvalue weighted by molar-refractivity contribution is 7.91. The number of halogens is 1. The maximum atomic E-state index is 12.9. The summed E-state index contributed by atoms with van der Waals surface area (Å²) in [6, 6.07) is 3.49. The number of sulfone groups is 1. The molecule has 1 amide bonds. The van der Waals surface area contributed by atoms with Crippen molar-refractivity contribution in [2.24, 2.45) is 5.92 Å². The van der Waals surface area contributed by atoms with E-state index in [2.05, 4.69) is 0 Å². The Kier molecular flexibility index (Phi) is 5.03. The molecule has 1 N–H and O–H groups in total. The molecule has 0 radical (unpaired) electrons. The summed E-state index contributed by atoms with van der Waals surface area (Å²) in [7, 11) is -3.75. The van der Waals surface area contributed by atoms with Gasteiger partial charge < -0.3 is 10.0 Å². The number of carbonyl (C=O) groups is 2. The first-order chi connectivity index (χ1) is 10.7. The van der Waals surface area contributed by atoms with Gasteiger partial charge in [0, 0.05) is 12.5 Å². The Hall–Kier alpha value is -1.96. The van der Waals surface area contributed by atoms with E-state index in [1.54, 1.807) is 0 Å². The minimum absolute atomic E-state index is 0.0604. The van der Waals surface area contributed by atoms with Gasteiger partial charge in [-0.3, -0.25) is 4.79 Å². The highest BCUT2D eigenvalue weighted by atomic mass is 32.2. The van der Waals surface area contributed by atoms with Crippen LogP contribution in [-0.4, -0.2) is 48.6 Å². The first-order valence-electron chi connectivity index (χ1n) is 7.24. The summed E-state index contributed by atoms with van der Waals surface area (Å²) in [6.45, 7) is 1.78. The van der Waals surface area contributed by atoms with Gasteiger partial charge in [-0.1, -0.05) is 6.92 Å². The quantitative estimate of drug-likeness (QED) is 0.814. The number of benzene rings is 1. The lowest BCUT2D eigenvalue weighted by Crippen LogP contribution is -2.44. The molecule has 1 aromatic carbocycles. The summed E-state index contributed by atoms with van der Waals surface area (Å²) in [6.07, 6.45) is 0.957.